The number of halogens is 7. The molecule has 1 aromatic carbocycles. The fourth-order valence-corrected chi connectivity index (χ4v) is 2.94. The van der Waals surface area contributed by atoms with E-state index in [0.717, 1.165) is 0 Å². The predicted molar refractivity (Wildman–Crippen MR) is 82.4 cm³/mol. The number of hydrogen-bond donors (Lipinski definition) is 0. The first kappa shape index (κ1) is 16.1. The van der Waals surface area contributed by atoms with Crippen molar-refractivity contribution in [3.05, 3.63) is 48.6 Å². The summed E-state index contributed by atoms with van der Waals surface area (Å²) in [5.74, 6) is 0. The Bertz CT molecular complexity index is 650. The van der Waals surface area contributed by atoms with E-state index in [2.05, 4.69) is 4.98 Å². The lowest BCUT2D eigenvalue weighted by atomic mass is 10.1. The van der Waals surface area contributed by atoms with Crippen LogP contribution in [-0.2, 0) is 6.18 Å². The van der Waals surface area contributed by atoms with Crippen LogP contribution >= 0.6 is 57.4 Å². The average Bonchev–Trinajstić information content (AvgIpc) is 2.33. The maximum Gasteiger partial charge on any atom is 0.419 e. The Morgan fingerprint density at radius 2 is 1.60 bits per heavy atom. The molecule has 0 amide bonds. The topological polar surface area (TPSA) is 12.9 Å². The second-order valence-electron chi connectivity index (χ2n) is 3.77. The fourth-order valence-electron chi connectivity index (χ4n) is 1.62. The second-order valence-corrected chi connectivity index (χ2v) is 6.12. The zero-order valence-corrected chi connectivity index (χ0v) is 13.8. The molecule has 1 nitrogen and oxygen atoms in total. The molecule has 0 spiro atoms. The highest BCUT2D eigenvalue weighted by Crippen LogP contribution is 2.41. The molecule has 0 atom stereocenters. The average molecular weight is 452 g/mol. The third-order valence-electron chi connectivity index (χ3n) is 2.44. The minimum Gasteiger partial charge on any atom is -0.256 e. The summed E-state index contributed by atoms with van der Waals surface area (Å²) in [6, 6.07) is 3.90. The molecule has 0 fully saturated rings. The van der Waals surface area contributed by atoms with Gasteiger partial charge in [-0.2, -0.15) is 13.2 Å². The van der Waals surface area contributed by atoms with E-state index in [1.165, 1.54) is 24.4 Å². The van der Waals surface area contributed by atoms with Gasteiger partial charge in [-0.25, -0.2) is 0 Å². The van der Waals surface area contributed by atoms with Crippen LogP contribution in [0.15, 0.2) is 24.4 Å². The molecule has 0 N–H and O–H groups in total. The van der Waals surface area contributed by atoms with Crippen molar-refractivity contribution in [2.75, 3.05) is 0 Å². The highest BCUT2D eigenvalue weighted by atomic mass is 127. The van der Waals surface area contributed by atoms with E-state index in [4.69, 9.17) is 34.8 Å². The van der Waals surface area contributed by atoms with Gasteiger partial charge in [0.2, 0.25) is 0 Å². The summed E-state index contributed by atoms with van der Waals surface area (Å²) >= 11 is 19.1. The van der Waals surface area contributed by atoms with Gasteiger partial charge in [-0.15, -0.1) is 0 Å². The van der Waals surface area contributed by atoms with Gasteiger partial charge >= 0.3 is 6.18 Å². The van der Waals surface area contributed by atoms with E-state index in [-0.39, 0.29) is 29.9 Å². The van der Waals surface area contributed by atoms with Gasteiger partial charge in [-0.3, -0.25) is 4.98 Å². The lowest BCUT2D eigenvalue weighted by molar-refractivity contribution is -0.137. The van der Waals surface area contributed by atoms with Crippen molar-refractivity contribution in [1.82, 2.24) is 4.98 Å². The molecule has 0 radical (unpaired) electrons. The maximum absolute atomic E-state index is 13.1. The number of hydrogen-bond acceptors (Lipinski definition) is 1. The van der Waals surface area contributed by atoms with Crippen molar-refractivity contribution >= 4 is 57.4 Å². The van der Waals surface area contributed by atoms with Crippen LogP contribution in [0.1, 0.15) is 5.56 Å². The fraction of sp³-hybridized carbons (Fsp3) is 0.0833. The van der Waals surface area contributed by atoms with Crippen LogP contribution in [0.25, 0.3) is 11.3 Å². The molecule has 1 heterocycles. The second kappa shape index (κ2) is 5.87. The van der Waals surface area contributed by atoms with Crippen molar-refractivity contribution in [3.63, 3.8) is 0 Å². The van der Waals surface area contributed by atoms with Crippen LogP contribution in [0.4, 0.5) is 13.2 Å². The summed E-state index contributed by atoms with van der Waals surface area (Å²) in [5, 5.41) is 0.238. The van der Waals surface area contributed by atoms with Crippen LogP contribution in [0.3, 0.4) is 0 Å². The van der Waals surface area contributed by atoms with Crippen LogP contribution in [0, 0.1) is 3.57 Å². The first-order chi connectivity index (χ1) is 9.21. The molecular weight excluding hydrogens is 448 g/mol. The molecule has 0 unspecified atom stereocenters. The number of nitrogens with zero attached hydrogens (tertiary/aromatic N) is 1. The monoisotopic (exact) mass is 451 g/mol. The number of aromatic nitrogens is 1. The van der Waals surface area contributed by atoms with Crippen LogP contribution in [0.5, 0.6) is 0 Å². The molecule has 1 aromatic heterocycles. The van der Waals surface area contributed by atoms with E-state index < -0.39 is 11.7 Å². The third-order valence-corrected chi connectivity index (χ3v) is 4.54. The minimum atomic E-state index is -4.53. The number of rotatable bonds is 1. The molecule has 0 saturated carbocycles. The highest BCUT2D eigenvalue weighted by molar-refractivity contribution is 14.1. The lowest BCUT2D eigenvalue weighted by Gasteiger charge is -2.14. The Morgan fingerprint density at radius 3 is 2.10 bits per heavy atom. The van der Waals surface area contributed by atoms with Crippen molar-refractivity contribution in [3.8, 4) is 11.3 Å². The van der Waals surface area contributed by atoms with Gasteiger partial charge in [-0.1, -0.05) is 34.8 Å². The van der Waals surface area contributed by atoms with Crippen molar-refractivity contribution in [2.45, 2.75) is 6.18 Å². The van der Waals surface area contributed by atoms with Crippen molar-refractivity contribution < 1.29 is 13.2 Å². The third kappa shape index (κ3) is 3.16. The van der Waals surface area contributed by atoms with Crippen LogP contribution in [-0.4, -0.2) is 4.98 Å². The molecule has 106 valence electrons. The first-order valence-corrected chi connectivity index (χ1v) is 7.29. The summed E-state index contributed by atoms with van der Waals surface area (Å²) < 4.78 is 39.5. The van der Waals surface area contributed by atoms with Gasteiger partial charge in [0.05, 0.1) is 26.3 Å². The molecule has 0 bridgehead atoms. The number of pyridine rings is 1. The van der Waals surface area contributed by atoms with Crippen LogP contribution in [0.2, 0.25) is 15.1 Å². The van der Waals surface area contributed by atoms with Gasteiger partial charge in [0.1, 0.15) is 0 Å². The van der Waals surface area contributed by atoms with E-state index in [9.17, 15) is 13.2 Å². The molecule has 8 heteroatoms. The molecule has 2 rings (SSSR count). The normalized spacial score (nSPS) is 11.8. The number of alkyl halides is 3. The number of benzene rings is 1. The standard InChI is InChI=1S/C12H4Cl3F3IN/c13-6-3-5(4-7(14)10(6)15)11-9(12(16,17)18)8(19)1-2-20-11/h1-4H. The summed E-state index contributed by atoms with van der Waals surface area (Å²) in [7, 11) is 0. The molecule has 0 aliphatic heterocycles. The van der Waals surface area contributed by atoms with Crippen molar-refractivity contribution in [2.24, 2.45) is 0 Å². The molecular formula is C12H4Cl3F3IN. The Morgan fingerprint density at radius 1 is 1.05 bits per heavy atom. The predicted octanol–water partition coefficient (Wildman–Crippen LogP) is 6.33. The lowest BCUT2D eigenvalue weighted by Crippen LogP contribution is -2.11. The van der Waals surface area contributed by atoms with Crippen LogP contribution < -0.4 is 0 Å². The molecule has 2 aromatic rings. The van der Waals surface area contributed by atoms with Gasteiger partial charge in [-0.05, 0) is 40.8 Å². The zero-order valence-electron chi connectivity index (χ0n) is 9.40. The highest BCUT2D eigenvalue weighted by Gasteiger charge is 2.37. The summed E-state index contributed by atoms with van der Waals surface area (Å²) in [6.07, 6.45) is -3.23. The zero-order chi connectivity index (χ0) is 15.1. The molecule has 0 aliphatic rings. The Hall–Kier alpha value is -0.240. The SMILES string of the molecule is FC(F)(F)c1c(I)ccnc1-c1cc(Cl)c(Cl)c(Cl)c1. The molecule has 20 heavy (non-hydrogen) atoms. The Balaban J connectivity index is 2.74. The Labute approximate surface area is 141 Å². The van der Waals surface area contributed by atoms with Gasteiger partial charge < -0.3 is 0 Å². The minimum absolute atomic E-state index is 0.0438. The van der Waals surface area contributed by atoms with E-state index in [1.807, 2.05) is 0 Å². The maximum atomic E-state index is 13.1. The molecule has 0 aliphatic carbocycles. The summed E-state index contributed by atoms with van der Waals surface area (Å²) in [5.41, 5.74) is -0.893. The summed E-state index contributed by atoms with van der Waals surface area (Å²) in [6.45, 7) is 0. The van der Waals surface area contributed by atoms with Gasteiger partial charge in [0.15, 0.2) is 0 Å². The van der Waals surface area contributed by atoms with Gasteiger partial charge in [0, 0.05) is 15.3 Å². The van der Waals surface area contributed by atoms with E-state index in [1.54, 1.807) is 22.6 Å². The molecule has 0 saturated heterocycles. The van der Waals surface area contributed by atoms with E-state index in [0.29, 0.717) is 0 Å². The van der Waals surface area contributed by atoms with E-state index >= 15 is 0 Å². The smallest absolute Gasteiger partial charge is 0.256 e. The summed E-state index contributed by atoms with van der Waals surface area (Å²) in [4.78, 5) is 3.80. The van der Waals surface area contributed by atoms with Gasteiger partial charge in [0.25, 0.3) is 0 Å². The largest absolute Gasteiger partial charge is 0.419 e. The van der Waals surface area contributed by atoms with Crippen molar-refractivity contribution in [1.29, 1.82) is 0 Å². The first-order valence-electron chi connectivity index (χ1n) is 5.08. The quantitative estimate of drug-likeness (QED) is 0.364. The Kier molecular flexibility index (Phi) is 4.73.